The molecule has 0 aromatic rings. The fraction of sp³-hybridized carbons (Fsp3) is 0.667. The number of carbonyl (C=O) groups is 3. The first kappa shape index (κ1) is 55.7. The number of hydrogen-bond acceptors (Lipinski definition) is 9. The third kappa shape index (κ3) is 8.91. The van der Waals surface area contributed by atoms with E-state index >= 15 is 61.5 Å². The summed E-state index contributed by atoms with van der Waals surface area (Å²) in [6.45, 7) is -3.20. The molecule has 0 amide bonds. The third-order valence-electron chi connectivity index (χ3n) is 7.39. The highest BCUT2D eigenvalue weighted by Crippen LogP contribution is 2.75. The van der Waals surface area contributed by atoms with Gasteiger partial charge in [-0.25, -0.2) is 54.9 Å². The quantitative estimate of drug-likeness (QED) is 0.0484. The molecule has 0 aliphatic heterocycles. The Morgan fingerprint density at radius 3 is 0.887 bits per heavy atom. The molecule has 2 unspecified atom stereocenters. The van der Waals surface area contributed by atoms with E-state index in [1.54, 1.807) is 4.74 Å². The van der Waals surface area contributed by atoms with Crippen LogP contribution in [0.15, 0.2) is 38.0 Å². The number of ether oxygens (including phenoxy) is 6. The zero-order valence-corrected chi connectivity index (χ0v) is 28.6. The monoisotopic (exact) mass is 978 g/mol. The van der Waals surface area contributed by atoms with Crippen LogP contribution < -0.4 is 0 Å². The zero-order valence-electron chi connectivity index (χ0n) is 28.6. The van der Waals surface area contributed by atoms with Crippen LogP contribution in [0.4, 0.5) is 114 Å². The number of alkyl halides is 26. The maximum Gasteiger partial charge on any atom is 0.427 e. The van der Waals surface area contributed by atoms with E-state index in [9.17, 15) is 67.1 Å². The Morgan fingerprint density at radius 2 is 0.661 bits per heavy atom. The Hall–Kier alpha value is -4.31. The van der Waals surface area contributed by atoms with Crippen molar-refractivity contribution in [2.24, 2.45) is 5.92 Å². The van der Waals surface area contributed by atoms with Gasteiger partial charge in [-0.05, 0) is 0 Å². The van der Waals surface area contributed by atoms with E-state index < -0.39 is 127 Å². The van der Waals surface area contributed by atoms with Crippen LogP contribution >= 0.6 is 0 Å². The molecule has 0 N–H and O–H groups in total. The summed E-state index contributed by atoms with van der Waals surface area (Å²) in [6.07, 6.45) is -51.4. The van der Waals surface area contributed by atoms with Gasteiger partial charge in [0.2, 0.25) is 0 Å². The van der Waals surface area contributed by atoms with Crippen molar-refractivity contribution in [1.29, 1.82) is 0 Å². The van der Waals surface area contributed by atoms with E-state index in [2.05, 4.69) is 33.9 Å². The molecular formula is C27H16F26O9. The minimum absolute atomic E-state index is 0.236. The molecule has 1 fully saturated rings. The summed E-state index contributed by atoms with van der Waals surface area (Å²) < 4.78 is 399. The number of rotatable bonds is 21. The summed E-state index contributed by atoms with van der Waals surface area (Å²) in [6, 6.07) is 0. The van der Waals surface area contributed by atoms with Gasteiger partial charge in [-0.2, -0.15) is 87.8 Å². The predicted molar refractivity (Wildman–Crippen MR) is 137 cm³/mol. The fourth-order valence-electron chi connectivity index (χ4n) is 4.29. The van der Waals surface area contributed by atoms with Gasteiger partial charge < -0.3 is 14.2 Å². The summed E-state index contributed by atoms with van der Waals surface area (Å²) in [5.74, 6) is -64.1. The molecule has 360 valence electrons. The first-order valence-electron chi connectivity index (χ1n) is 14.5. The molecule has 0 aromatic heterocycles. The van der Waals surface area contributed by atoms with Gasteiger partial charge in [0.15, 0.2) is 25.7 Å². The molecule has 1 aliphatic rings. The summed E-state index contributed by atoms with van der Waals surface area (Å²) in [7, 11) is 0. The maximum atomic E-state index is 16.0. The van der Waals surface area contributed by atoms with Gasteiger partial charge >= 0.3 is 101 Å². The van der Waals surface area contributed by atoms with Gasteiger partial charge in [-0.15, -0.1) is 0 Å². The molecule has 0 saturated heterocycles. The number of halogens is 26. The SMILES string of the molecule is C=CC(=O)OCC(F)(F)C(F)(F)OC(F)(F)C1C(F)(F)C(F)(C(F)(F)OC(F)(F)C(F)(F)COC(=O)C=C)C(F)(F)C(F)(C(F)(F)OC(F)(F)C(F)(F)COC(=O)C=C)C1(F)F. The topological polar surface area (TPSA) is 107 Å². The van der Waals surface area contributed by atoms with Gasteiger partial charge in [-0.1, -0.05) is 19.7 Å². The Labute approximate surface area is 323 Å². The van der Waals surface area contributed by atoms with Crippen LogP contribution in [0.3, 0.4) is 0 Å². The van der Waals surface area contributed by atoms with Crippen molar-refractivity contribution in [3.63, 3.8) is 0 Å². The van der Waals surface area contributed by atoms with Gasteiger partial charge in [0.05, 0.1) is 0 Å². The highest BCUT2D eigenvalue weighted by molar-refractivity contribution is 5.81. The molecule has 2 atom stereocenters. The van der Waals surface area contributed by atoms with Crippen LogP contribution in [0.1, 0.15) is 0 Å². The lowest BCUT2D eigenvalue weighted by molar-refractivity contribution is -0.568. The number of carbonyl (C=O) groups excluding carboxylic acids is 3. The molecule has 1 aliphatic carbocycles. The van der Waals surface area contributed by atoms with Crippen molar-refractivity contribution >= 4 is 17.9 Å². The molecule has 1 rings (SSSR count). The second-order valence-electron chi connectivity index (χ2n) is 11.6. The number of esters is 3. The fourth-order valence-corrected chi connectivity index (χ4v) is 4.29. The molecule has 0 bridgehead atoms. The molecule has 9 nitrogen and oxygen atoms in total. The standard InChI is InChI=1S/C27H16F26O9/c1-4-10(54)57-7-14(28,29)23(44,45)60-19(38,39)13-17(34,35)20(40,26(50,51)61-24(46,47)15(30,31)8-58-11(55)5-2)22(42,43)21(41,18(13,36)37)27(52,53)62-25(48,49)16(32,33)9-59-12(56)6-3/h4-6,13H,1-3,7-9H2. The maximum absolute atomic E-state index is 16.0. The second kappa shape index (κ2) is 16.4. The van der Waals surface area contributed by atoms with E-state index in [-0.39, 0.29) is 18.2 Å². The highest BCUT2D eigenvalue weighted by atomic mass is 19.4. The second-order valence-corrected chi connectivity index (χ2v) is 11.6. The number of hydrogen-bond donors (Lipinski definition) is 0. The first-order chi connectivity index (χ1) is 27.1. The molecule has 0 spiro atoms. The molecule has 62 heavy (non-hydrogen) atoms. The van der Waals surface area contributed by atoms with E-state index in [1.165, 1.54) is 9.47 Å². The van der Waals surface area contributed by atoms with Crippen molar-refractivity contribution in [3.05, 3.63) is 38.0 Å². The zero-order chi connectivity index (χ0) is 49.8. The summed E-state index contributed by atoms with van der Waals surface area (Å²) >= 11 is 0. The van der Waals surface area contributed by atoms with Crippen LogP contribution in [-0.2, 0) is 42.8 Å². The van der Waals surface area contributed by atoms with Crippen molar-refractivity contribution in [2.75, 3.05) is 19.8 Å². The van der Waals surface area contributed by atoms with Crippen LogP contribution in [-0.4, -0.2) is 121 Å². The lowest BCUT2D eigenvalue weighted by atomic mass is 9.61. The lowest BCUT2D eigenvalue weighted by Gasteiger charge is -2.58. The predicted octanol–water partition coefficient (Wildman–Crippen LogP) is 8.64. The van der Waals surface area contributed by atoms with Crippen molar-refractivity contribution in [3.8, 4) is 0 Å². The minimum Gasteiger partial charge on any atom is -0.456 e. The minimum atomic E-state index is -9.74. The Morgan fingerprint density at radius 1 is 0.435 bits per heavy atom. The van der Waals surface area contributed by atoms with E-state index in [0.717, 1.165) is 0 Å². The smallest absolute Gasteiger partial charge is 0.427 e. The summed E-state index contributed by atoms with van der Waals surface area (Å²) in [5.41, 5.74) is -19.3. The van der Waals surface area contributed by atoms with Gasteiger partial charge in [0, 0.05) is 18.2 Å². The van der Waals surface area contributed by atoms with Crippen LogP contribution in [0.2, 0.25) is 0 Å². The van der Waals surface area contributed by atoms with Crippen LogP contribution in [0, 0.1) is 5.92 Å². The Kier molecular flexibility index (Phi) is 14.7. The Bertz CT molecular complexity index is 1640. The summed E-state index contributed by atoms with van der Waals surface area (Å²) in [5, 5.41) is 0. The van der Waals surface area contributed by atoms with Crippen molar-refractivity contribution < 1.29 is 157 Å². The van der Waals surface area contributed by atoms with E-state index in [4.69, 9.17) is 0 Å². The molecular weight excluding hydrogens is 962 g/mol. The van der Waals surface area contributed by atoms with Gasteiger partial charge in [0.1, 0.15) is 0 Å². The highest BCUT2D eigenvalue weighted by Gasteiger charge is 3.06. The normalized spacial score (nSPS) is 23.8. The molecule has 1 saturated carbocycles. The van der Waals surface area contributed by atoms with Crippen LogP contribution in [0.25, 0.3) is 0 Å². The summed E-state index contributed by atoms with van der Waals surface area (Å²) in [4.78, 5) is 32.6. The average molecular weight is 978 g/mol. The molecule has 0 aromatic carbocycles. The van der Waals surface area contributed by atoms with Gasteiger partial charge in [0.25, 0.3) is 0 Å². The first-order valence-corrected chi connectivity index (χ1v) is 14.5. The van der Waals surface area contributed by atoms with Crippen LogP contribution in [0.5, 0.6) is 0 Å². The Balaban J connectivity index is 4.49. The third-order valence-corrected chi connectivity index (χ3v) is 7.39. The van der Waals surface area contributed by atoms with E-state index in [0.29, 0.717) is 0 Å². The van der Waals surface area contributed by atoms with Crippen molar-refractivity contribution in [2.45, 2.75) is 83.5 Å². The molecule has 35 heteroatoms. The molecule has 0 radical (unpaired) electrons. The largest absolute Gasteiger partial charge is 0.456 e. The van der Waals surface area contributed by atoms with Crippen molar-refractivity contribution in [1.82, 2.24) is 0 Å². The average Bonchev–Trinajstić information content (AvgIpc) is 3.07. The van der Waals surface area contributed by atoms with E-state index in [1.807, 2.05) is 0 Å². The lowest BCUT2D eigenvalue weighted by Crippen LogP contribution is -2.90. The van der Waals surface area contributed by atoms with Gasteiger partial charge in [-0.3, -0.25) is 0 Å². The molecule has 0 heterocycles.